The van der Waals surface area contributed by atoms with E-state index in [0.29, 0.717) is 18.4 Å². The van der Waals surface area contributed by atoms with Crippen LogP contribution in [0.3, 0.4) is 0 Å². The van der Waals surface area contributed by atoms with Gasteiger partial charge in [-0.25, -0.2) is 0 Å². The van der Waals surface area contributed by atoms with Crippen LogP contribution in [-0.4, -0.2) is 34.5 Å². The lowest BCUT2D eigenvalue weighted by atomic mass is 9.88. The highest BCUT2D eigenvalue weighted by atomic mass is 16.4. The van der Waals surface area contributed by atoms with Crippen molar-refractivity contribution in [2.75, 3.05) is 6.54 Å². The van der Waals surface area contributed by atoms with Crippen molar-refractivity contribution in [3.63, 3.8) is 0 Å². The third-order valence-electron chi connectivity index (χ3n) is 5.43. The zero-order valence-electron chi connectivity index (χ0n) is 11.4. The summed E-state index contributed by atoms with van der Waals surface area (Å²) in [7, 11) is 0. The number of carboxylic acid groups (broad SMARTS) is 1. The van der Waals surface area contributed by atoms with Crippen molar-refractivity contribution < 1.29 is 14.7 Å². The van der Waals surface area contributed by atoms with Gasteiger partial charge in [0, 0.05) is 12.6 Å². The van der Waals surface area contributed by atoms with Crippen LogP contribution in [0.15, 0.2) is 0 Å². The first-order valence-corrected chi connectivity index (χ1v) is 7.72. The Bertz CT molecular complexity index is 382. The first kappa shape index (κ1) is 12.9. The largest absolute Gasteiger partial charge is 0.481 e. The van der Waals surface area contributed by atoms with Gasteiger partial charge in [0.25, 0.3) is 0 Å². The molecule has 2 aliphatic carbocycles. The smallest absolute Gasteiger partial charge is 0.307 e. The molecule has 0 spiro atoms. The van der Waals surface area contributed by atoms with E-state index in [0.717, 1.165) is 32.2 Å². The summed E-state index contributed by atoms with van der Waals surface area (Å²) in [5.74, 6) is -0.647. The van der Waals surface area contributed by atoms with Gasteiger partial charge in [-0.3, -0.25) is 9.59 Å². The van der Waals surface area contributed by atoms with Gasteiger partial charge < -0.3 is 10.0 Å². The van der Waals surface area contributed by atoms with Crippen molar-refractivity contribution in [2.45, 2.75) is 57.4 Å². The summed E-state index contributed by atoms with van der Waals surface area (Å²) in [5.41, 5.74) is 0. The van der Waals surface area contributed by atoms with Crippen molar-refractivity contribution >= 4 is 11.9 Å². The molecule has 106 valence electrons. The number of rotatable bonds is 2. The number of likely N-dealkylation sites (tertiary alicyclic amines) is 1. The number of amides is 1. The Hall–Kier alpha value is -1.06. The molecule has 3 fully saturated rings. The topological polar surface area (TPSA) is 57.6 Å². The van der Waals surface area contributed by atoms with E-state index in [2.05, 4.69) is 0 Å². The number of aliphatic carboxylic acids is 1. The van der Waals surface area contributed by atoms with Crippen molar-refractivity contribution in [3.05, 3.63) is 0 Å². The van der Waals surface area contributed by atoms with Crippen LogP contribution < -0.4 is 0 Å². The van der Waals surface area contributed by atoms with Crippen LogP contribution in [-0.2, 0) is 9.59 Å². The molecule has 4 nitrogen and oxygen atoms in total. The number of piperidine rings is 1. The Labute approximate surface area is 114 Å². The summed E-state index contributed by atoms with van der Waals surface area (Å²) >= 11 is 0. The minimum atomic E-state index is -0.782. The highest BCUT2D eigenvalue weighted by Gasteiger charge is 2.44. The van der Waals surface area contributed by atoms with Gasteiger partial charge in [0.2, 0.25) is 5.91 Å². The summed E-state index contributed by atoms with van der Waals surface area (Å²) in [6.07, 6.45) is 8.28. The molecular formula is C15H23NO3. The fourth-order valence-corrected chi connectivity index (χ4v) is 4.49. The number of hydrogen-bond donors (Lipinski definition) is 1. The van der Waals surface area contributed by atoms with Gasteiger partial charge in [-0.2, -0.15) is 0 Å². The maximum absolute atomic E-state index is 12.7. The molecule has 2 unspecified atom stereocenters. The van der Waals surface area contributed by atoms with Gasteiger partial charge in [-0.1, -0.05) is 12.8 Å². The number of carbonyl (C=O) groups is 2. The Kier molecular flexibility index (Phi) is 3.50. The molecule has 0 aromatic carbocycles. The van der Waals surface area contributed by atoms with Crippen LogP contribution in [0.5, 0.6) is 0 Å². The van der Waals surface area contributed by atoms with Crippen molar-refractivity contribution in [3.8, 4) is 0 Å². The van der Waals surface area contributed by atoms with E-state index in [1.807, 2.05) is 4.90 Å². The lowest BCUT2D eigenvalue weighted by Gasteiger charge is -2.39. The number of fused-ring (bicyclic) bond motifs is 1. The molecule has 1 saturated heterocycles. The lowest BCUT2D eigenvalue weighted by molar-refractivity contribution is -0.151. The van der Waals surface area contributed by atoms with Crippen LogP contribution in [0.2, 0.25) is 0 Å². The highest BCUT2D eigenvalue weighted by Crippen LogP contribution is 2.40. The SMILES string of the molecule is O=C(O)[C@H]1CCC[C@H]1C(=O)N1CCCC2CCCC21. The predicted molar refractivity (Wildman–Crippen MR) is 70.5 cm³/mol. The number of hydrogen-bond acceptors (Lipinski definition) is 2. The summed E-state index contributed by atoms with van der Waals surface area (Å²) in [5, 5.41) is 9.25. The molecule has 0 radical (unpaired) electrons. The Morgan fingerprint density at radius 1 is 0.895 bits per heavy atom. The summed E-state index contributed by atoms with van der Waals surface area (Å²) in [6, 6.07) is 0.413. The standard InChI is InChI=1S/C15H23NO3/c17-14(11-6-2-7-12(11)15(18)19)16-9-3-5-10-4-1-8-13(10)16/h10-13H,1-9H2,(H,18,19)/t10?,11-,12+,13?/m1/s1. The molecule has 3 rings (SSSR count). The maximum Gasteiger partial charge on any atom is 0.307 e. The van der Waals surface area contributed by atoms with E-state index in [9.17, 15) is 14.7 Å². The monoisotopic (exact) mass is 265 g/mol. The molecular weight excluding hydrogens is 242 g/mol. The maximum atomic E-state index is 12.7. The van der Waals surface area contributed by atoms with Crippen LogP contribution >= 0.6 is 0 Å². The minimum Gasteiger partial charge on any atom is -0.481 e. The van der Waals surface area contributed by atoms with Crippen LogP contribution in [0.25, 0.3) is 0 Å². The van der Waals surface area contributed by atoms with E-state index in [1.165, 1.54) is 19.3 Å². The molecule has 1 aliphatic heterocycles. The zero-order valence-corrected chi connectivity index (χ0v) is 11.4. The van der Waals surface area contributed by atoms with Gasteiger partial charge in [0.1, 0.15) is 0 Å². The molecule has 0 aromatic heterocycles. The fraction of sp³-hybridized carbons (Fsp3) is 0.867. The van der Waals surface area contributed by atoms with Crippen LogP contribution in [0.4, 0.5) is 0 Å². The van der Waals surface area contributed by atoms with Gasteiger partial charge in [-0.05, 0) is 44.4 Å². The summed E-state index contributed by atoms with van der Waals surface area (Å²) in [6.45, 7) is 0.850. The molecule has 1 heterocycles. The second-order valence-electron chi connectivity index (χ2n) is 6.41. The zero-order chi connectivity index (χ0) is 13.4. The van der Waals surface area contributed by atoms with E-state index < -0.39 is 11.9 Å². The Morgan fingerprint density at radius 2 is 1.58 bits per heavy atom. The normalized spacial score (nSPS) is 38.2. The molecule has 0 aromatic rings. The van der Waals surface area contributed by atoms with Crippen LogP contribution in [0, 0.1) is 17.8 Å². The molecule has 3 aliphatic rings. The summed E-state index contributed by atoms with van der Waals surface area (Å²) < 4.78 is 0. The van der Waals surface area contributed by atoms with Crippen molar-refractivity contribution in [2.24, 2.45) is 17.8 Å². The van der Waals surface area contributed by atoms with Gasteiger partial charge >= 0.3 is 5.97 Å². The van der Waals surface area contributed by atoms with E-state index in [-0.39, 0.29) is 11.8 Å². The molecule has 2 saturated carbocycles. The minimum absolute atomic E-state index is 0.140. The van der Waals surface area contributed by atoms with E-state index >= 15 is 0 Å². The first-order chi connectivity index (χ1) is 9.18. The van der Waals surface area contributed by atoms with E-state index in [1.54, 1.807) is 0 Å². The van der Waals surface area contributed by atoms with Gasteiger partial charge in [0.15, 0.2) is 0 Å². The van der Waals surface area contributed by atoms with E-state index in [4.69, 9.17) is 0 Å². The van der Waals surface area contributed by atoms with Gasteiger partial charge in [-0.15, -0.1) is 0 Å². The molecule has 4 heteroatoms. The summed E-state index contributed by atoms with van der Waals surface area (Å²) in [4.78, 5) is 26.0. The quantitative estimate of drug-likeness (QED) is 0.833. The third kappa shape index (κ3) is 2.26. The molecule has 1 N–H and O–H groups in total. The highest BCUT2D eigenvalue weighted by molar-refractivity contribution is 5.85. The Balaban J connectivity index is 1.74. The third-order valence-corrected chi connectivity index (χ3v) is 5.43. The average Bonchev–Trinajstić information content (AvgIpc) is 3.05. The number of carboxylic acids is 1. The number of nitrogens with zero attached hydrogens (tertiary/aromatic N) is 1. The second-order valence-corrected chi connectivity index (χ2v) is 6.41. The average molecular weight is 265 g/mol. The van der Waals surface area contributed by atoms with Crippen molar-refractivity contribution in [1.82, 2.24) is 4.90 Å². The second kappa shape index (κ2) is 5.14. The van der Waals surface area contributed by atoms with Crippen molar-refractivity contribution in [1.29, 1.82) is 0 Å². The van der Waals surface area contributed by atoms with Gasteiger partial charge in [0.05, 0.1) is 11.8 Å². The Morgan fingerprint density at radius 3 is 2.37 bits per heavy atom. The van der Waals surface area contributed by atoms with Crippen LogP contribution in [0.1, 0.15) is 51.4 Å². The first-order valence-electron chi connectivity index (χ1n) is 7.72. The number of carbonyl (C=O) groups excluding carboxylic acids is 1. The molecule has 1 amide bonds. The molecule has 4 atom stereocenters. The fourth-order valence-electron chi connectivity index (χ4n) is 4.49. The predicted octanol–water partition coefficient (Wildman–Crippen LogP) is 2.28. The molecule has 0 bridgehead atoms. The lowest BCUT2D eigenvalue weighted by Crippen LogP contribution is -2.49. The molecule has 19 heavy (non-hydrogen) atoms.